The molecule has 1 fully saturated rings. The number of carbonyl (C=O) groups is 1. The lowest BCUT2D eigenvalue weighted by molar-refractivity contribution is 0.0947. The van der Waals surface area contributed by atoms with Crippen molar-refractivity contribution < 1.29 is 23.7 Å². The van der Waals surface area contributed by atoms with Gasteiger partial charge in [0.1, 0.15) is 11.5 Å². The van der Waals surface area contributed by atoms with Crippen molar-refractivity contribution in [1.82, 2.24) is 35.3 Å². The Morgan fingerprint density at radius 3 is 2.51 bits per heavy atom. The molecule has 0 atom stereocenters. The number of H-pyrrole nitrogens is 1. The molecular weight excluding hydrogens is 524 g/mol. The lowest BCUT2D eigenvalue weighted by atomic mass is 10.1. The van der Waals surface area contributed by atoms with Gasteiger partial charge in [0, 0.05) is 25.2 Å². The van der Waals surface area contributed by atoms with E-state index in [9.17, 15) is 4.79 Å². The Labute approximate surface area is 229 Å². The van der Waals surface area contributed by atoms with Gasteiger partial charge in [-0.15, -0.1) is 0 Å². The summed E-state index contributed by atoms with van der Waals surface area (Å²) in [5, 5.41) is 16.1. The van der Waals surface area contributed by atoms with Crippen molar-refractivity contribution in [2.75, 3.05) is 65.3 Å². The fraction of sp³-hybridized carbons (Fsp3) is 0.400. The third kappa shape index (κ3) is 5.43. The fourth-order valence-corrected chi connectivity index (χ4v) is 4.73. The number of nitrogens with zero attached hydrogens (tertiary/aromatic N) is 6. The van der Waals surface area contributed by atoms with Gasteiger partial charge in [0.2, 0.25) is 5.75 Å². The number of ether oxygens (including phenoxy) is 4. The quantitative estimate of drug-likeness (QED) is 0.220. The number of hydrogen-bond acceptors (Lipinski definition) is 11. The smallest absolute Gasteiger partial charge is 0.269 e. The van der Waals surface area contributed by atoms with Gasteiger partial charge in [-0.25, -0.2) is 14.6 Å². The number of amides is 1. The molecule has 0 unspecified atom stereocenters. The third-order valence-corrected chi connectivity index (χ3v) is 6.89. The number of aromatic amines is 1. The molecule has 0 aliphatic carbocycles. The minimum absolute atomic E-state index is 0.286. The predicted octanol–water partition coefficient (Wildman–Crippen LogP) is 2.23. The van der Waals surface area contributed by atoms with Gasteiger partial charge >= 0.3 is 0 Å². The van der Waals surface area contributed by atoms with Crippen LogP contribution >= 0.6 is 11.8 Å². The zero-order valence-corrected chi connectivity index (χ0v) is 23.0. The van der Waals surface area contributed by atoms with Gasteiger partial charge < -0.3 is 29.2 Å². The topological polar surface area (TPSA) is 142 Å². The van der Waals surface area contributed by atoms with Gasteiger partial charge in [-0.1, -0.05) is 11.8 Å². The number of aromatic nitrogens is 6. The largest absolute Gasteiger partial charge is 0.493 e. The molecule has 1 saturated heterocycles. The number of nitrogens with one attached hydrogen (secondary N) is 2. The summed E-state index contributed by atoms with van der Waals surface area (Å²) in [6.07, 6.45) is 3.73. The van der Waals surface area contributed by atoms with E-state index >= 15 is 0 Å². The number of morpholine rings is 1. The van der Waals surface area contributed by atoms with E-state index < -0.39 is 0 Å². The number of rotatable bonds is 10. The number of thioether (sulfide) groups is 1. The molecule has 13 nitrogen and oxygen atoms in total. The van der Waals surface area contributed by atoms with Crippen molar-refractivity contribution in [3.05, 3.63) is 30.1 Å². The lowest BCUT2D eigenvalue weighted by Crippen LogP contribution is -2.37. The third-order valence-electron chi connectivity index (χ3n) is 6.34. The fourth-order valence-electron chi connectivity index (χ4n) is 4.38. The summed E-state index contributed by atoms with van der Waals surface area (Å²) in [5.41, 5.74) is 2.33. The molecule has 14 heteroatoms. The number of anilines is 1. The Kier molecular flexibility index (Phi) is 8.02. The minimum Gasteiger partial charge on any atom is -0.493 e. The van der Waals surface area contributed by atoms with Crippen molar-refractivity contribution in [2.45, 2.75) is 11.7 Å². The first-order valence-electron chi connectivity index (χ1n) is 12.3. The molecule has 3 aromatic heterocycles. The maximum Gasteiger partial charge on any atom is 0.269 e. The standard InChI is InChI=1S/C25H30N8O5S/c1-35-19-11-15(12-20(36-2)21(19)37-3)17-13-18(31-30-17)24(34)26-5-6-33-23-16(14-27-33)22(28-25(29-23)39-4)32-7-9-38-10-8-32/h11-14H,5-10H2,1-4H3,(H,26,34)(H,30,31). The molecular formula is C25H30N8O5S. The molecule has 1 aromatic carbocycles. The first-order chi connectivity index (χ1) is 19.1. The van der Waals surface area contributed by atoms with Crippen molar-refractivity contribution in [3.63, 3.8) is 0 Å². The second-order valence-electron chi connectivity index (χ2n) is 8.58. The predicted molar refractivity (Wildman–Crippen MR) is 146 cm³/mol. The van der Waals surface area contributed by atoms with Gasteiger partial charge in [0.05, 0.1) is 58.4 Å². The first kappa shape index (κ1) is 26.6. The molecule has 206 valence electrons. The molecule has 5 rings (SSSR count). The number of hydrogen-bond donors (Lipinski definition) is 2. The van der Waals surface area contributed by atoms with Crippen LogP contribution < -0.4 is 24.4 Å². The molecule has 0 spiro atoms. The van der Waals surface area contributed by atoms with E-state index in [2.05, 4.69) is 30.5 Å². The highest BCUT2D eigenvalue weighted by molar-refractivity contribution is 7.98. The number of fused-ring (bicyclic) bond motifs is 1. The van der Waals surface area contributed by atoms with Crippen LogP contribution in [0.3, 0.4) is 0 Å². The van der Waals surface area contributed by atoms with Crippen LogP contribution in [-0.2, 0) is 11.3 Å². The monoisotopic (exact) mass is 554 g/mol. The summed E-state index contributed by atoms with van der Waals surface area (Å²) in [4.78, 5) is 24.5. The average Bonchev–Trinajstić information content (AvgIpc) is 3.64. The van der Waals surface area contributed by atoms with E-state index in [0.717, 1.165) is 29.9 Å². The molecule has 2 N–H and O–H groups in total. The van der Waals surface area contributed by atoms with Crippen LogP contribution in [0.4, 0.5) is 5.82 Å². The van der Waals surface area contributed by atoms with Crippen LogP contribution in [0, 0.1) is 0 Å². The zero-order valence-electron chi connectivity index (χ0n) is 22.2. The van der Waals surface area contributed by atoms with Crippen LogP contribution in [-0.4, -0.2) is 96.3 Å². The van der Waals surface area contributed by atoms with Gasteiger partial charge in [-0.05, 0) is 24.5 Å². The summed E-state index contributed by atoms with van der Waals surface area (Å²) >= 11 is 1.48. The normalized spacial score (nSPS) is 13.5. The number of benzene rings is 1. The SMILES string of the molecule is COc1cc(-c2cc(C(=O)NCCn3ncc4c(N5CCOCC5)nc(SC)nc43)[nH]n2)cc(OC)c1OC. The van der Waals surface area contributed by atoms with E-state index in [1.54, 1.807) is 50.4 Å². The van der Waals surface area contributed by atoms with Crippen LogP contribution in [0.25, 0.3) is 22.3 Å². The van der Waals surface area contributed by atoms with Crippen molar-refractivity contribution in [1.29, 1.82) is 0 Å². The molecule has 0 radical (unpaired) electrons. The van der Waals surface area contributed by atoms with Gasteiger partial charge in [-0.2, -0.15) is 10.2 Å². The Hall–Kier alpha value is -4.04. The van der Waals surface area contributed by atoms with Gasteiger partial charge in [0.25, 0.3) is 5.91 Å². The molecule has 4 heterocycles. The zero-order chi connectivity index (χ0) is 27.4. The number of carbonyl (C=O) groups excluding carboxylic acids is 1. The first-order valence-corrected chi connectivity index (χ1v) is 13.5. The van der Waals surface area contributed by atoms with Gasteiger partial charge in [0.15, 0.2) is 22.3 Å². The van der Waals surface area contributed by atoms with E-state index in [0.29, 0.717) is 65.7 Å². The molecule has 1 aliphatic heterocycles. The summed E-state index contributed by atoms with van der Waals surface area (Å²) in [6.45, 7) is 3.65. The van der Waals surface area contributed by atoms with Crippen LogP contribution in [0.1, 0.15) is 10.5 Å². The molecule has 1 amide bonds. The van der Waals surface area contributed by atoms with E-state index in [1.165, 1.54) is 11.8 Å². The Morgan fingerprint density at radius 2 is 1.85 bits per heavy atom. The second-order valence-corrected chi connectivity index (χ2v) is 9.35. The minimum atomic E-state index is -0.286. The molecule has 0 bridgehead atoms. The maximum atomic E-state index is 12.9. The molecule has 1 aliphatic rings. The summed E-state index contributed by atoms with van der Waals surface area (Å²) in [6, 6.07) is 5.22. The highest BCUT2D eigenvalue weighted by Gasteiger charge is 2.21. The summed E-state index contributed by atoms with van der Waals surface area (Å²) in [5.74, 6) is 2.05. The van der Waals surface area contributed by atoms with E-state index in [1.807, 2.05) is 6.26 Å². The van der Waals surface area contributed by atoms with Crippen LogP contribution in [0.15, 0.2) is 29.6 Å². The van der Waals surface area contributed by atoms with Crippen LogP contribution in [0.2, 0.25) is 0 Å². The Morgan fingerprint density at radius 1 is 1.10 bits per heavy atom. The van der Waals surface area contributed by atoms with Gasteiger partial charge in [-0.3, -0.25) is 9.89 Å². The van der Waals surface area contributed by atoms with Crippen LogP contribution in [0.5, 0.6) is 17.2 Å². The molecule has 4 aromatic rings. The Balaban J connectivity index is 1.28. The second kappa shape index (κ2) is 11.8. The van der Waals surface area contributed by atoms with E-state index in [-0.39, 0.29) is 5.91 Å². The molecule has 39 heavy (non-hydrogen) atoms. The Bertz CT molecular complexity index is 1440. The summed E-state index contributed by atoms with van der Waals surface area (Å²) in [7, 11) is 4.64. The maximum absolute atomic E-state index is 12.9. The summed E-state index contributed by atoms with van der Waals surface area (Å²) < 4.78 is 23.5. The number of methoxy groups -OCH3 is 3. The van der Waals surface area contributed by atoms with Crippen molar-refractivity contribution in [3.8, 4) is 28.5 Å². The van der Waals surface area contributed by atoms with Crippen molar-refractivity contribution >= 4 is 34.5 Å². The lowest BCUT2D eigenvalue weighted by Gasteiger charge is -2.28. The molecule has 0 saturated carbocycles. The highest BCUT2D eigenvalue weighted by atomic mass is 32.2. The average molecular weight is 555 g/mol. The van der Waals surface area contributed by atoms with E-state index in [4.69, 9.17) is 23.9 Å². The van der Waals surface area contributed by atoms with Crippen molar-refractivity contribution in [2.24, 2.45) is 0 Å². The highest BCUT2D eigenvalue weighted by Crippen LogP contribution is 2.40.